The van der Waals surface area contributed by atoms with E-state index < -0.39 is 32.8 Å². The van der Waals surface area contributed by atoms with Crippen molar-refractivity contribution in [3.8, 4) is 0 Å². The van der Waals surface area contributed by atoms with Crippen LogP contribution < -0.4 is 0 Å². The molecule has 0 saturated heterocycles. The van der Waals surface area contributed by atoms with E-state index in [1.54, 1.807) is 62.4 Å². The number of hydrogen-bond donors (Lipinski definition) is 0. The number of rotatable bonds is 4. The van der Waals surface area contributed by atoms with Crippen molar-refractivity contribution in [3.63, 3.8) is 0 Å². The Bertz CT molecular complexity index is 1040. The van der Waals surface area contributed by atoms with Gasteiger partial charge in [0.25, 0.3) is 0 Å². The minimum Gasteiger partial charge on any atom is -0.274 e. The molecule has 2 aromatic carbocycles. The Hall–Kier alpha value is -2.73. The summed E-state index contributed by atoms with van der Waals surface area (Å²) in [6, 6.07) is 15.7. The molecule has 0 bridgehead atoms. The van der Waals surface area contributed by atoms with Crippen LogP contribution in [0.5, 0.6) is 0 Å². The van der Waals surface area contributed by atoms with Gasteiger partial charge in [-0.05, 0) is 37.1 Å². The Morgan fingerprint density at radius 1 is 1.04 bits per heavy atom. The summed E-state index contributed by atoms with van der Waals surface area (Å²) >= 11 is 0. The summed E-state index contributed by atoms with van der Waals surface area (Å²) in [5.41, 5.74) is 0.425. The summed E-state index contributed by atoms with van der Waals surface area (Å²) in [6.07, 6.45) is 1.60. The van der Waals surface area contributed by atoms with E-state index in [1.807, 2.05) is 6.07 Å². The second-order valence-corrected chi connectivity index (χ2v) is 8.96. The van der Waals surface area contributed by atoms with Crippen molar-refractivity contribution in [2.75, 3.05) is 5.75 Å². The standard InChI is InChI=1S/C21H21NO4S/c1-15-9-7-8-12-19(15)27(25,26)14-21(3)13-18(17-10-5-4-6-11-17)22(16(2)23)20(21)24/h4-13H,14H2,1-3H3. The zero-order valence-corrected chi connectivity index (χ0v) is 16.3. The van der Waals surface area contributed by atoms with Gasteiger partial charge in [-0.15, -0.1) is 0 Å². The molecule has 0 N–H and O–H groups in total. The van der Waals surface area contributed by atoms with Crippen molar-refractivity contribution < 1.29 is 18.0 Å². The molecule has 140 valence electrons. The van der Waals surface area contributed by atoms with Crippen LogP contribution in [0.15, 0.2) is 65.6 Å². The summed E-state index contributed by atoms with van der Waals surface area (Å²) in [5, 5.41) is 0. The first-order valence-corrected chi connectivity index (χ1v) is 10.2. The van der Waals surface area contributed by atoms with Crippen LogP contribution in [0, 0.1) is 12.3 Å². The van der Waals surface area contributed by atoms with Crippen LogP contribution in [0.4, 0.5) is 0 Å². The molecule has 1 aliphatic heterocycles. The Kier molecular flexibility index (Phi) is 4.78. The number of hydrogen-bond acceptors (Lipinski definition) is 4. The molecular weight excluding hydrogens is 362 g/mol. The first kappa shape index (κ1) is 19.0. The second kappa shape index (κ2) is 6.78. The minimum atomic E-state index is -3.72. The Labute approximate surface area is 159 Å². The Morgan fingerprint density at radius 2 is 1.63 bits per heavy atom. The molecule has 0 radical (unpaired) electrons. The van der Waals surface area contributed by atoms with Gasteiger partial charge >= 0.3 is 0 Å². The highest BCUT2D eigenvalue weighted by atomic mass is 32.2. The number of sulfone groups is 1. The van der Waals surface area contributed by atoms with Crippen molar-refractivity contribution in [2.45, 2.75) is 25.7 Å². The summed E-state index contributed by atoms with van der Waals surface area (Å²) in [4.78, 5) is 26.4. The lowest BCUT2D eigenvalue weighted by atomic mass is 9.93. The van der Waals surface area contributed by atoms with Crippen LogP contribution in [0.2, 0.25) is 0 Å². The summed E-state index contributed by atoms with van der Waals surface area (Å²) in [5.74, 6) is -1.36. The van der Waals surface area contributed by atoms with Gasteiger partial charge in [-0.3, -0.25) is 9.59 Å². The van der Waals surface area contributed by atoms with Crippen molar-refractivity contribution in [2.24, 2.45) is 5.41 Å². The van der Waals surface area contributed by atoms with Crippen molar-refractivity contribution in [1.82, 2.24) is 4.90 Å². The number of imide groups is 1. The van der Waals surface area contributed by atoms with E-state index in [4.69, 9.17) is 0 Å². The number of amides is 2. The zero-order chi connectivity index (χ0) is 19.8. The Morgan fingerprint density at radius 3 is 2.22 bits per heavy atom. The second-order valence-electron chi connectivity index (χ2n) is 7.00. The molecule has 1 aliphatic rings. The average molecular weight is 383 g/mol. The lowest BCUT2D eigenvalue weighted by molar-refractivity contribution is -0.142. The maximum atomic E-state index is 13.0. The third-order valence-electron chi connectivity index (χ3n) is 4.69. The molecule has 0 spiro atoms. The number of benzene rings is 2. The van der Waals surface area contributed by atoms with Crippen molar-refractivity contribution >= 4 is 27.3 Å². The number of carbonyl (C=O) groups excluding carboxylic acids is 2. The highest BCUT2D eigenvalue weighted by Crippen LogP contribution is 2.40. The molecule has 1 unspecified atom stereocenters. The lowest BCUT2D eigenvalue weighted by Gasteiger charge is -2.23. The molecule has 2 aromatic rings. The fraction of sp³-hybridized carbons (Fsp3) is 0.238. The SMILES string of the molecule is CC(=O)N1C(=O)C(C)(CS(=O)(=O)c2ccccc2C)C=C1c1ccccc1. The highest BCUT2D eigenvalue weighted by molar-refractivity contribution is 7.91. The van der Waals surface area contributed by atoms with Gasteiger partial charge in [0, 0.05) is 6.92 Å². The van der Waals surface area contributed by atoms with Crippen LogP contribution in [-0.2, 0) is 19.4 Å². The summed E-state index contributed by atoms with van der Waals surface area (Å²) in [6.45, 7) is 4.59. The molecule has 0 aromatic heterocycles. The molecule has 27 heavy (non-hydrogen) atoms. The quantitative estimate of drug-likeness (QED) is 0.813. The van der Waals surface area contributed by atoms with Crippen LogP contribution in [0.1, 0.15) is 25.0 Å². The molecule has 0 aliphatic carbocycles. The van der Waals surface area contributed by atoms with Crippen LogP contribution in [0.3, 0.4) is 0 Å². The predicted octanol–water partition coefficient (Wildman–Crippen LogP) is 3.20. The van der Waals surface area contributed by atoms with Gasteiger partial charge in [0.2, 0.25) is 11.8 Å². The number of carbonyl (C=O) groups is 2. The third kappa shape index (κ3) is 3.45. The largest absolute Gasteiger partial charge is 0.274 e. The molecule has 2 amide bonds. The van der Waals surface area contributed by atoms with Crippen LogP contribution >= 0.6 is 0 Å². The van der Waals surface area contributed by atoms with E-state index >= 15 is 0 Å². The van der Waals surface area contributed by atoms with Gasteiger partial charge in [-0.1, -0.05) is 48.5 Å². The van der Waals surface area contributed by atoms with E-state index in [0.29, 0.717) is 16.8 Å². The maximum Gasteiger partial charge on any atom is 0.244 e. The van der Waals surface area contributed by atoms with E-state index in [9.17, 15) is 18.0 Å². The van der Waals surface area contributed by atoms with E-state index in [1.165, 1.54) is 13.0 Å². The van der Waals surface area contributed by atoms with Gasteiger partial charge in [0.1, 0.15) is 0 Å². The molecule has 5 nitrogen and oxygen atoms in total. The maximum absolute atomic E-state index is 13.0. The summed E-state index contributed by atoms with van der Waals surface area (Å²) in [7, 11) is -3.72. The van der Waals surface area contributed by atoms with Gasteiger partial charge in [0.15, 0.2) is 9.84 Å². The molecule has 1 heterocycles. The van der Waals surface area contributed by atoms with Gasteiger partial charge in [-0.2, -0.15) is 0 Å². The van der Waals surface area contributed by atoms with E-state index in [0.717, 1.165) is 4.90 Å². The van der Waals surface area contributed by atoms with Gasteiger partial charge < -0.3 is 0 Å². The number of aryl methyl sites for hydroxylation is 1. The molecular formula is C21H21NO4S. The first-order valence-electron chi connectivity index (χ1n) is 8.57. The van der Waals surface area contributed by atoms with Crippen LogP contribution in [0.25, 0.3) is 5.70 Å². The molecule has 0 fully saturated rings. The minimum absolute atomic E-state index is 0.204. The average Bonchev–Trinajstić information content (AvgIpc) is 2.86. The first-order chi connectivity index (χ1) is 12.7. The van der Waals surface area contributed by atoms with Crippen molar-refractivity contribution in [3.05, 3.63) is 71.8 Å². The monoisotopic (exact) mass is 383 g/mol. The zero-order valence-electron chi connectivity index (χ0n) is 15.5. The van der Waals surface area contributed by atoms with E-state index in [-0.39, 0.29) is 4.90 Å². The van der Waals surface area contributed by atoms with Gasteiger partial charge in [0.05, 0.1) is 21.8 Å². The number of nitrogens with zero attached hydrogens (tertiary/aromatic N) is 1. The molecule has 1 atom stereocenters. The van der Waals surface area contributed by atoms with Crippen LogP contribution in [-0.4, -0.2) is 30.9 Å². The van der Waals surface area contributed by atoms with Crippen molar-refractivity contribution in [1.29, 1.82) is 0 Å². The fourth-order valence-electron chi connectivity index (χ4n) is 3.41. The highest BCUT2D eigenvalue weighted by Gasteiger charge is 2.47. The van der Waals surface area contributed by atoms with E-state index in [2.05, 4.69) is 0 Å². The summed E-state index contributed by atoms with van der Waals surface area (Å²) < 4.78 is 26.0. The predicted molar refractivity (Wildman–Crippen MR) is 103 cm³/mol. The smallest absolute Gasteiger partial charge is 0.244 e. The molecule has 0 saturated carbocycles. The normalized spacial score (nSPS) is 19.9. The molecule has 6 heteroatoms. The lowest BCUT2D eigenvalue weighted by Crippen LogP contribution is -2.40. The Balaban J connectivity index is 2.06. The molecule has 3 rings (SSSR count). The third-order valence-corrected chi connectivity index (χ3v) is 6.80. The topological polar surface area (TPSA) is 71.5 Å². The fourth-order valence-corrected chi connectivity index (χ4v) is 5.40. The van der Waals surface area contributed by atoms with Gasteiger partial charge in [-0.25, -0.2) is 13.3 Å².